The molecule has 1 saturated heterocycles. The third-order valence-electron chi connectivity index (χ3n) is 5.33. The minimum Gasteiger partial charge on any atom is -0.339 e. The van der Waals surface area contributed by atoms with E-state index in [0.29, 0.717) is 43.7 Å². The Morgan fingerprint density at radius 3 is 1.76 bits per heavy atom. The Labute approximate surface area is 169 Å². The number of amides is 4. The van der Waals surface area contributed by atoms with Crippen LogP contribution in [0.3, 0.4) is 0 Å². The molecule has 1 fully saturated rings. The van der Waals surface area contributed by atoms with Gasteiger partial charge in [0.15, 0.2) is 0 Å². The SMILES string of the molecule is CC(=O)CCC(=O)N1CCN(C(=O)CCCN2C(=O)c3ccccc3C2=O)CC1. The number of piperazine rings is 1. The summed E-state index contributed by atoms with van der Waals surface area (Å²) in [5.74, 6) is -0.730. The monoisotopic (exact) mass is 399 g/mol. The Kier molecular flexibility index (Phi) is 6.41. The molecule has 0 bridgehead atoms. The van der Waals surface area contributed by atoms with Crippen LogP contribution in [0.4, 0.5) is 0 Å². The number of carbonyl (C=O) groups is 5. The normalized spacial score (nSPS) is 16.2. The van der Waals surface area contributed by atoms with E-state index in [4.69, 9.17) is 0 Å². The van der Waals surface area contributed by atoms with E-state index < -0.39 is 0 Å². The number of hydrogen-bond donors (Lipinski definition) is 0. The first kappa shape index (κ1) is 20.7. The van der Waals surface area contributed by atoms with Gasteiger partial charge in [-0.2, -0.15) is 0 Å². The molecule has 8 nitrogen and oxygen atoms in total. The predicted octanol–water partition coefficient (Wildman–Crippen LogP) is 1.10. The second kappa shape index (κ2) is 8.98. The van der Waals surface area contributed by atoms with Crippen molar-refractivity contribution in [2.45, 2.75) is 32.6 Å². The minimum absolute atomic E-state index is 0.00905. The number of hydrogen-bond acceptors (Lipinski definition) is 5. The molecule has 29 heavy (non-hydrogen) atoms. The van der Waals surface area contributed by atoms with E-state index in [1.54, 1.807) is 34.1 Å². The zero-order valence-corrected chi connectivity index (χ0v) is 16.6. The fourth-order valence-corrected chi connectivity index (χ4v) is 3.64. The van der Waals surface area contributed by atoms with E-state index in [1.165, 1.54) is 11.8 Å². The van der Waals surface area contributed by atoms with E-state index >= 15 is 0 Å². The van der Waals surface area contributed by atoms with Gasteiger partial charge in [0.25, 0.3) is 11.8 Å². The summed E-state index contributed by atoms with van der Waals surface area (Å²) in [5, 5.41) is 0. The number of rotatable bonds is 7. The first-order valence-electron chi connectivity index (χ1n) is 9.88. The number of imide groups is 1. The average Bonchev–Trinajstić information content (AvgIpc) is 2.97. The molecule has 0 unspecified atom stereocenters. The molecular formula is C21H25N3O5. The lowest BCUT2D eigenvalue weighted by atomic mass is 10.1. The van der Waals surface area contributed by atoms with Gasteiger partial charge in [0.2, 0.25) is 11.8 Å². The summed E-state index contributed by atoms with van der Waals surface area (Å²) in [4.78, 5) is 64.7. The summed E-state index contributed by atoms with van der Waals surface area (Å²) in [6.07, 6.45) is 1.10. The van der Waals surface area contributed by atoms with Gasteiger partial charge in [0.05, 0.1) is 11.1 Å². The first-order valence-corrected chi connectivity index (χ1v) is 9.88. The Hall–Kier alpha value is -3.03. The molecule has 0 radical (unpaired) electrons. The Balaban J connectivity index is 1.41. The van der Waals surface area contributed by atoms with Crippen LogP contribution in [-0.4, -0.2) is 76.8 Å². The smallest absolute Gasteiger partial charge is 0.261 e. The molecule has 0 aliphatic carbocycles. The van der Waals surface area contributed by atoms with Gasteiger partial charge in [-0.05, 0) is 25.5 Å². The molecule has 8 heteroatoms. The summed E-state index contributed by atoms with van der Waals surface area (Å²) in [6, 6.07) is 6.72. The lowest BCUT2D eigenvalue weighted by Gasteiger charge is -2.35. The van der Waals surface area contributed by atoms with Crippen molar-refractivity contribution in [1.29, 1.82) is 0 Å². The van der Waals surface area contributed by atoms with E-state index in [1.807, 2.05) is 0 Å². The number of fused-ring (bicyclic) bond motifs is 1. The summed E-state index contributed by atoms with van der Waals surface area (Å²) >= 11 is 0. The van der Waals surface area contributed by atoms with Crippen LogP contribution in [0, 0.1) is 0 Å². The van der Waals surface area contributed by atoms with Crippen molar-refractivity contribution in [2.75, 3.05) is 32.7 Å². The van der Waals surface area contributed by atoms with E-state index in [0.717, 1.165) is 0 Å². The molecule has 0 spiro atoms. The van der Waals surface area contributed by atoms with Crippen LogP contribution in [0.1, 0.15) is 53.3 Å². The highest BCUT2D eigenvalue weighted by molar-refractivity contribution is 6.21. The topological polar surface area (TPSA) is 95.1 Å². The van der Waals surface area contributed by atoms with Gasteiger partial charge in [-0.1, -0.05) is 12.1 Å². The first-order chi connectivity index (χ1) is 13.9. The summed E-state index contributed by atoms with van der Waals surface area (Å²) in [6.45, 7) is 3.50. The maximum Gasteiger partial charge on any atom is 0.261 e. The molecule has 1 aromatic rings. The highest BCUT2D eigenvalue weighted by Crippen LogP contribution is 2.22. The van der Waals surface area contributed by atoms with Crippen molar-refractivity contribution in [3.8, 4) is 0 Å². The maximum atomic E-state index is 12.4. The van der Waals surface area contributed by atoms with Crippen LogP contribution < -0.4 is 0 Å². The summed E-state index contributed by atoms with van der Waals surface area (Å²) in [5.41, 5.74) is 0.823. The van der Waals surface area contributed by atoms with Crippen molar-refractivity contribution >= 4 is 29.4 Å². The van der Waals surface area contributed by atoms with Gasteiger partial charge in [0.1, 0.15) is 5.78 Å². The second-order valence-corrected chi connectivity index (χ2v) is 7.37. The standard InChI is InChI=1S/C21H25N3O5/c1-15(25)8-9-19(27)23-13-11-22(12-14-23)18(26)7-4-10-24-20(28)16-5-2-3-6-17(16)21(24)29/h2-3,5-6H,4,7-14H2,1H3. The van der Waals surface area contributed by atoms with Crippen LogP contribution in [0.5, 0.6) is 0 Å². The minimum atomic E-state index is -0.310. The van der Waals surface area contributed by atoms with Crippen molar-refractivity contribution in [1.82, 2.24) is 14.7 Å². The number of carbonyl (C=O) groups excluding carboxylic acids is 5. The summed E-state index contributed by atoms with van der Waals surface area (Å²) < 4.78 is 0. The molecule has 2 aliphatic heterocycles. The zero-order valence-electron chi connectivity index (χ0n) is 16.6. The molecule has 0 N–H and O–H groups in total. The molecule has 4 amide bonds. The zero-order chi connectivity index (χ0) is 21.0. The Bertz CT molecular complexity index is 807. The van der Waals surface area contributed by atoms with Crippen molar-refractivity contribution in [2.24, 2.45) is 0 Å². The third kappa shape index (κ3) is 4.70. The molecule has 0 atom stereocenters. The van der Waals surface area contributed by atoms with Crippen molar-refractivity contribution < 1.29 is 24.0 Å². The highest BCUT2D eigenvalue weighted by Gasteiger charge is 2.34. The lowest BCUT2D eigenvalue weighted by Crippen LogP contribution is -2.50. The predicted molar refractivity (Wildman–Crippen MR) is 104 cm³/mol. The van der Waals surface area contributed by atoms with E-state index in [-0.39, 0.29) is 55.2 Å². The Morgan fingerprint density at radius 1 is 0.793 bits per heavy atom. The van der Waals surface area contributed by atoms with Gasteiger partial charge >= 0.3 is 0 Å². The van der Waals surface area contributed by atoms with Gasteiger partial charge in [-0.15, -0.1) is 0 Å². The highest BCUT2D eigenvalue weighted by atomic mass is 16.2. The molecule has 3 rings (SSSR count). The molecule has 1 aromatic carbocycles. The molecular weight excluding hydrogens is 374 g/mol. The number of nitrogens with zero attached hydrogens (tertiary/aromatic N) is 3. The number of ketones is 1. The second-order valence-electron chi connectivity index (χ2n) is 7.37. The molecule has 2 aliphatic rings. The molecule has 2 heterocycles. The molecule has 0 aromatic heterocycles. The lowest BCUT2D eigenvalue weighted by molar-refractivity contribution is -0.140. The average molecular weight is 399 g/mol. The third-order valence-corrected chi connectivity index (χ3v) is 5.33. The van der Waals surface area contributed by atoms with Crippen LogP contribution >= 0.6 is 0 Å². The van der Waals surface area contributed by atoms with Crippen LogP contribution in [0.25, 0.3) is 0 Å². The largest absolute Gasteiger partial charge is 0.339 e. The van der Waals surface area contributed by atoms with E-state index in [9.17, 15) is 24.0 Å². The number of benzene rings is 1. The Morgan fingerprint density at radius 2 is 1.28 bits per heavy atom. The van der Waals surface area contributed by atoms with Crippen molar-refractivity contribution in [3.63, 3.8) is 0 Å². The van der Waals surface area contributed by atoms with Crippen molar-refractivity contribution in [3.05, 3.63) is 35.4 Å². The molecule has 0 saturated carbocycles. The van der Waals surface area contributed by atoms with Crippen LogP contribution in [0.2, 0.25) is 0 Å². The fourth-order valence-electron chi connectivity index (χ4n) is 3.64. The van der Waals surface area contributed by atoms with E-state index in [2.05, 4.69) is 0 Å². The molecule has 154 valence electrons. The van der Waals surface area contributed by atoms with Gasteiger partial charge in [-0.3, -0.25) is 24.1 Å². The summed E-state index contributed by atoms with van der Waals surface area (Å²) in [7, 11) is 0. The quantitative estimate of drug-likeness (QED) is 0.640. The fraction of sp³-hybridized carbons (Fsp3) is 0.476. The van der Waals surface area contributed by atoms with Gasteiger partial charge in [-0.25, -0.2) is 0 Å². The van der Waals surface area contributed by atoms with Crippen LogP contribution in [-0.2, 0) is 14.4 Å². The van der Waals surface area contributed by atoms with Gasteiger partial charge in [0, 0.05) is 52.0 Å². The number of Topliss-reactive ketones (excluding diaryl/α,β-unsaturated/α-hetero) is 1. The van der Waals surface area contributed by atoms with Crippen LogP contribution in [0.15, 0.2) is 24.3 Å². The maximum absolute atomic E-state index is 12.4. The van der Waals surface area contributed by atoms with Gasteiger partial charge < -0.3 is 14.6 Å².